The molecular formula is C21H23ClN4O. The van der Waals surface area contributed by atoms with Crippen LogP contribution in [0.25, 0.3) is 11.0 Å². The second-order valence-electron chi connectivity index (χ2n) is 7.19. The van der Waals surface area contributed by atoms with Crippen LogP contribution in [-0.4, -0.2) is 29.0 Å². The molecule has 0 radical (unpaired) electrons. The van der Waals surface area contributed by atoms with Crippen molar-refractivity contribution >= 4 is 34.5 Å². The number of hydrogen-bond acceptors (Lipinski definition) is 3. The van der Waals surface area contributed by atoms with Gasteiger partial charge in [-0.3, -0.25) is 4.79 Å². The quantitative estimate of drug-likeness (QED) is 0.715. The number of aryl methyl sites for hydroxylation is 1. The summed E-state index contributed by atoms with van der Waals surface area (Å²) < 4.78 is 0. The smallest absolute Gasteiger partial charge is 0.223 e. The number of aromatic nitrogens is 2. The van der Waals surface area contributed by atoms with Crippen molar-refractivity contribution in [2.45, 2.75) is 26.3 Å². The minimum atomic E-state index is 0.0607. The van der Waals surface area contributed by atoms with Crippen molar-refractivity contribution in [1.29, 1.82) is 0 Å². The van der Waals surface area contributed by atoms with Gasteiger partial charge in [0.1, 0.15) is 0 Å². The van der Waals surface area contributed by atoms with E-state index < -0.39 is 0 Å². The lowest BCUT2D eigenvalue weighted by molar-refractivity contribution is -0.125. The van der Waals surface area contributed by atoms with E-state index in [2.05, 4.69) is 51.4 Å². The molecule has 4 rings (SSSR count). The van der Waals surface area contributed by atoms with E-state index in [1.54, 1.807) is 0 Å². The van der Waals surface area contributed by atoms with Gasteiger partial charge in [0, 0.05) is 30.6 Å². The van der Waals surface area contributed by atoms with E-state index in [0.29, 0.717) is 11.6 Å². The maximum Gasteiger partial charge on any atom is 0.223 e. The molecule has 0 aliphatic carbocycles. The number of nitrogens with one attached hydrogen (secondary N) is 2. The minimum absolute atomic E-state index is 0.0607. The first-order valence-electron chi connectivity index (χ1n) is 9.32. The van der Waals surface area contributed by atoms with E-state index in [0.717, 1.165) is 48.5 Å². The maximum atomic E-state index is 12.5. The van der Waals surface area contributed by atoms with E-state index in [4.69, 9.17) is 11.6 Å². The van der Waals surface area contributed by atoms with Crippen LogP contribution >= 0.6 is 11.6 Å². The Morgan fingerprint density at radius 3 is 2.70 bits per heavy atom. The molecule has 2 aromatic carbocycles. The molecule has 1 aliphatic rings. The molecule has 3 aromatic rings. The van der Waals surface area contributed by atoms with Gasteiger partial charge in [-0.05, 0) is 43.5 Å². The Morgan fingerprint density at radius 1 is 1.22 bits per heavy atom. The number of hydrogen-bond donors (Lipinski definition) is 2. The summed E-state index contributed by atoms with van der Waals surface area (Å²) >= 11 is 6.04. The van der Waals surface area contributed by atoms with Crippen LogP contribution in [0.1, 0.15) is 24.0 Å². The number of benzene rings is 2. The SMILES string of the molecule is Cc1ccc(CNC(=O)C2CCN(c3nc4ccc(Cl)cc4[nH]3)CC2)cc1. The largest absolute Gasteiger partial charge is 0.352 e. The summed E-state index contributed by atoms with van der Waals surface area (Å²) in [7, 11) is 0. The fourth-order valence-electron chi connectivity index (χ4n) is 3.51. The Labute approximate surface area is 163 Å². The Morgan fingerprint density at radius 2 is 1.96 bits per heavy atom. The molecule has 2 heterocycles. The van der Waals surface area contributed by atoms with Crippen LogP contribution < -0.4 is 10.2 Å². The van der Waals surface area contributed by atoms with Gasteiger partial charge in [-0.25, -0.2) is 4.98 Å². The number of nitrogens with zero attached hydrogens (tertiary/aromatic N) is 2. The molecule has 1 aliphatic heterocycles. The fraction of sp³-hybridized carbons (Fsp3) is 0.333. The van der Waals surface area contributed by atoms with E-state index in [1.165, 1.54) is 5.56 Å². The zero-order valence-electron chi connectivity index (χ0n) is 15.3. The monoisotopic (exact) mass is 382 g/mol. The first-order chi connectivity index (χ1) is 13.1. The molecule has 27 heavy (non-hydrogen) atoms. The molecule has 1 amide bonds. The molecule has 2 N–H and O–H groups in total. The van der Waals surface area contributed by atoms with Crippen molar-refractivity contribution in [3.63, 3.8) is 0 Å². The Balaban J connectivity index is 1.32. The molecule has 140 valence electrons. The molecular weight excluding hydrogens is 360 g/mol. The molecule has 0 spiro atoms. The van der Waals surface area contributed by atoms with E-state index in [1.807, 2.05) is 18.2 Å². The third-order valence-electron chi connectivity index (χ3n) is 5.18. The molecule has 0 saturated carbocycles. The fourth-order valence-corrected chi connectivity index (χ4v) is 3.68. The first-order valence-corrected chi connectivity index (χ1v) is 9.70. The lowest BCUT2D eigenvalue weighted by Gasteiger charge is -2.31. The van der Waals surface area contributed by atoms with Crippen LogP contribution in [0.2, 0.25) is 5.02 Å². The minimum Gasteiger partial charge on any atom is -0.352 e. The number of amides is 1. The molecule has 1 fully saturated rings. The van der Waals surface area contributed by atoms with Gasteiger partial charge < -0.3 is 15.2 Å². The van der Waals surface area contributed by atoms with Gasteiger partial charge in [-0.2, -0.15) is 0 Å². The van der Waals surface area contributed by atoms with Crippen LogP contribution in [0, 0.1) is 12.8 Å². The highest BCUT2D eigenvalue weighted by Crippen LogP contribution is 2.25. The van der Waals surface area contributed by atoms with E-state index in [9.17, 15) is 4.79 Å². The molecule has 0 atom stereocenters. The third-order valence-corrected chi connectivity index (χ3v) is 5.42. The number of carbonyl (C=O) groups excluding carboxylic acids is 1. The van der Waals surface area contributed by atoms with Crippen molar-refractivity contribution < 1.29 is 4.79 Å². The lowest BCUT2D eigenvalue weighted by atomic mass is 9.96. The van der Waals surface area contributed by atoms with Crippen LogP contribution in [0.15, 0.2) is 42.5 Å². The van der Waals surface area contributed by atoms with Gasteiger partial charge in [0.2, 0.25) is 11.9 Å². The Bertz CT molecular complexity index is 942. The van der Waals surface area contributed by atoms with Gasteiger partial charge in [0.05, 0.1) is 11.0 Å². The summed E-state index contributed by atoms with van der Waals surface area (Å²) in [5, 5.41) is 3.77. The number of H-pyrrole nitrogens is 1. The van der Waals surface area contributed by atoms with E-state index in [-0.39, 0.29) is 11.8 Å². The van der Waals surface area contributed by atoms with Crippen LogP contribution in [0.4, 0.5) is 5.95 Å². The predicted molar refractivity (Wildman–Crippen MR) is 109 cm³/mol. The normalized spacial score (nSPS) is 15.3. The highest BCUT2D eigenvalue weighted by Gasteiger charge is 2.26. The van der Waals surface area contributed by atoms with Crippen molar-refractivity contribution in [3.8, 4) is 0 Å². The third kappa shape index (κ3) is 4.08. The number of piperidine rings is 1. The molecule has 0 bridgehead atoms. The van der Waals surface area contributed by atoms with E-state index >= 15 is 0 Å². The van der Waals surface area contributed by atoms with Crippen LogP contribution in [-0.2, 0) is 11.3 Å². The molecule has 0 unspecified atom stereocenters. The van der Waals surface area contributed by atoms with Gasteiger partial charge in [-0.1, -0.05) is 41.4 Å². The standard InChI is InChI=1S/C21H23ClN4O/c1-14-2-4-15(5-3-14)13-23-20(27)16-8-10-26(11-9-16)21-24-18-7-6-17(22)12-19(18)25-21/h2-7,12,16H,8-11,13H2,1H3,(H,23,27)(H,24,25). The summed E-state index contributed by atoms with van der Waals surface area (Å²) in [5.74, 6) is 1.06. The van der Waals surface area contributed by atoms with Crippen molar-refractivity contribution in [3.05, 3.63) is 58.6 Å². The van der Waals surface area contributed by atoms with Gasteiger partial charge in [-0.15, -0.1) is 0 Å². The number of fused-ring (bicyclic) bond motifs is 1. The number of imidazole rings is 1. The van der Waals surface area contributed by atoms with Gasteiger partial charge in [0.25, 0.3) is 0 Å². The summed E-state index contributed by atoms with van der Waals surface area (Å²) in [4.78, 5) is 22.7. The van der Waals surface area contributed by atoms with Gasteiger partial charge in [0.15, 0.2) is 0 Å². The summed E-state index contributed by atoms with van der Waals surface area (Å²) in [5.41, 5.74) is 4.21. The van der Waals surface area contributed by atoms with Gasteiger partial charge >= 0.3 is 0 Å². The molecule has 6 heteroatoms. The Hall–Kier alpha value is -2.53. The van der Waals surface area contributed by atoms with Crippen molar-refractivity contribution in [2.24, 2.45) is 5.92 Å². The zero-order chi connectivity index (χ0) is 18.8. The lowest BCUT2D eigenvalue weighted by Crippen LogP contribution is -2.40. The second kappa shape index (κ2) is 7.61. The first kappa shape index (κ1) is 17.9. The number of aromatic amines is 1. The zero-order valence-corrected chi connectivity index (χ0v) is 16.1. The second-order valence-corrected chi connectivity index (χ2v) is 7.62. The topological polar surface area (TPSA) is 61.0 Å². The summed E-state index contributed by atoms with van der Waals surface area (Å²) in [6, 6.07) is 13.9. The van der Waals surface area contributed by atoms with Crippen molar-refractivity contribution in [1.82, 2.24) is 15.3 Å². The average Bonchev–Trinajstić information content (AvgIpc) is 3.10. The highest BCUT2D eigenvalue weighted by molar-refractivity contribution is 6.31. The highest BCUT2D eigenvalue weighted by atomic mass is 35.5. The molecule has 1 aromatic heterocycles. The maximum absolute atomic E-state index is 12.5. The number of halogens is 1. The van der Waals surface area contributed by atoms with Crippen LogP contribution in [0.3, 0.4) is 0 Å². The van der Waals surface area contributed by atoms with Crippen molar-refractivity contribution in [2.75, 3.05) is 18.0 Å². The molecule has 5 nitrogen and oxygen atoms in total. The van der Waals surface area contributed by atoms with Crippen LogP contribution in [0.5, 0.6) is 0 Å². The number of anilines is 1. The Kier molecular flexibility index (Phi) is 5.03. The predicted octanol–water partition coefficient (Wildman–Crippen LogP) is 4.06. The average molecular weight is 383 g/mol. The summed E-state index contributed by atoms with van der Waals surface area (Å²) in [6.07, 6.45) is 1.66. The number of rotatable bonds is 4. The molecule has 1 saturated heterocycles. The summed E-state index contributed by atoms with van der Waals surface area (Å²) in [6.45, 7) is 4.28. The number of carbonyl (C=O) groups is 1.